The van der Waals surface area contributed by atoms with Crippen LogP contribution in [0.5, 0.6) is 0 Å². The van der Waals surface area contributed by atoms with Crippen LogP contribution >= 0.6 is 0 Å². The van der Waals surface area contributed by atoms with Crippen molar-refractivity contribution in [3.8, 4) is 12.1 Å². The first-order valence-corrected chi connectivity index (χ1v) is 7.27. The van der Waals surface area contributed by atoms with Crippen LogP contribution in [0.4, 0.5) is 14.5 Å². The van der Waals surface area contributed by atoms with E-state index in [0.29, 0.717) is 16.4 Å². The summed E-state index contributed by atoms with van der Waals surface area (Å²) in [6, 6.07) is 4.87. The Bertz CT molecular complexity index is 666. The van der Waals surface area contributed by atoms with Crippen molar-refractivity contribution in [1.29, 1.82) is 10.5 Å². The Balaban J connectivity index is 3.29. The van der Waals surface area contributed by atoms with Crippen molar-refractivity contribution < 1.29 is 17.2 Å². The number of sulfonamides is 1. The summed E-state index contributed by atoms with van der Waals surface area (Å²) in [4.78, 5) is -1.13. The van der Waals surface area contributed by atoms with E-state index in [2.05, 4.69) is 0 Å². The molecule has 0 heterocycles. The summed E-state index contributed by atoms with van der Waals surface area (Å²) in [6.45, 7) is -0.520. The highest BCUT2D eigenvalue weighted by Gasteiger charge is 2.30. The summed E-state index contributed by atoms with van der Waals surface area (Å²) < 4.78 is 52.8. The van der Waals surface area contributed by atoms with Crippen molar-refractivity contribution in [1.82, 2.24) is 4.31 Å². The lowest BCUT2D eigenvalue weighted by atomic mass is 10.3. The fourth-order valence-electron chi connectivity index (χ4n) is 1.66. The molecule has 21 heavy (non-hydrogen) atoms. The van der Waals surface area contributed by atoms with Crippen LogP contribution in [-0.4, -0.2) is 25.8 Å². The number of anilines is 1. The minimum absolute atomic E-state index is 0.164. The second-order valence-corrected chi connectivity index (χ2v) is 5.91. The Morgan fingerprint density at radius 2 is 1.52 bits per heavy atom. The molecule has 0 bridgehead atoms. The fraction of sp³-hybridized carbons (Fsp3) is 0.333. The third kappa shape index (κ3) is 3.88. The van der Waals surface area contributed by atoms with Gasteiger partial charge in [-0.2, -0.15) is 14.8 Å². The molecule has 0 aliphatic heterocycles. The van der Waals surface area contributed by atoms with E-state index in [4.69, 9.17) is 16.3 Å². The van der Waals surface area contributed by atoms with E-state index in [1.807, 2.05) is 0 Å². The molecule has 0 amide bonds. The van der Waals surface area contributed by atoms with Gasteiger partial charge in [0.15, 0.2) is 4.90 Å². The highest BCUT2D eigenvalue weighted by Crippen LogP contribution is 2.25. The third-order valence-electron chi connectivity index (χ3n) is 2.56. The minimum Gasteiger partial charge on any atom is -0.399 e. The van der Waals surface area contributed by atoms with Gasteiger partial charge in [0.1, 0.15) is 11.6 Å². The van der Waals surface area contributed by atoms with Gasteiger partial charge in [0, 0.05) is 31.6 Å². The highest BCUT2D eigenvalue weighted by molar-refractivity contribution is 7.89. The second kappa shape index (κ2) is 6.97. The molecule has 112 valence electrons. The lowest BCUT2D eigenvalue weighted by Crippen LogP contribution is -2.34. The molecule has 1 aromatic rings. The van der Waals surface area contributed by atoms with Crippen molar-refractivity contribution in [2.24, 2.45) is 0 Å². The average molecular weight is 314 g/mol. The lowest BCUT2D eigenvalue weighted by Gasteiger charge is -2.20. The molecule has 9 heteroatoms. The Morgan fingerprint density at radius 1 is 1.10 bits per heavy atom. The van der Waals surface area contributed by atoms with Crippen molar-refractivity contribution >= 4 is 15.7 Å². The summed E-state index contributed by atoms with van der Waals surface area (Å²) in [5.41, 5.74) is 4.99. The maximum atomic E-state index is 13.8. The maximum Gasteiger partial charge on any atom is 0.248 e. The van der Waals surface area contributed by atoms with Gasteiger partial charge in [-0.3, -0.25) is 0 Å². The number of nitrogens with zero attached hydrogens (tertiary/aromatic N) is 3. The molecule has 6 nitrogen and oxygen atoms in total. The average Bonchev–Trinajstić information content (AvgIpc) is 2.36. The first kappa shape index (κ1) is 16.8. The molecule has 2 N–H and O–H groups in total. The summed E-state index contributed by atoms with van der Waals surface area (Å²) in [5.74, 6) is -2.63. The number of nitrogen functional groups attached to an aromatic ring is 1. The van der Waals surface area contributed by atoms with E-state index in [-0.39, 0.29) is 31.6 Å². The molecule has 0 radical (unpaired) electrons. The first-order valence-electron chi connectivity index (χ1n) is 5.83. The second-order valence-electron chi connectivity index (χ2n) is 4.03. The Kier molecular flexibility index (Phi) is 5.59. The highest BCUT2D eigenvalue weighted by atomic mass is 32.2. The van der Waals surface area contributed by atoms with E-state index in [1.54, 1.807) is 12.1 Å². The molecule has 1 aromatic carbocycles. The van der Waals surface area contributed by atoms with Crippen molar-refractivity contribution in [2.75, 3.05) is 18.8 Å². The molecule has 0 atom stereocenters. The standard InChI is InChI=1S/C12H12F2N4O2S/c13-10-7-9(17)8-11(14)12(10)21(19,20)18(5-1-3-15)6-2-4-16/h7-8H,1-2,5-6,17H2. The molecule has 1 rings (SSSR count). The SMILES string of the molecule is N#CCCN(CCC#N)S(=O)(=O)c1c(F)cc(N)cc1F. The number of halogens is 2. The molecule has 0 unspecified atom stereocenters. The minimum atomic E-state index is -4.50. The summed E-state index contributed by atoms with van der Waals surface area (Å²) >= 11 is 0. The summed E-state index contributed by atoms with van der Waals surface area (Å²) in [5, 5.41) is 17.0. The number of nitrogens with two attached hydrogens (primary N) is 1. The van der Waals surface area contributed by atoms with Gasteiger partial charge < -0.3 is 5.73 Å². The number of nitriles is 2. The van der Waals surface area contributed by atoms with Gasteiger partial charge in [0.05, 0.1) is 12.1 Å². The van der Waals surface area contributed by atoms with E-state index in [0.717, 1.165) is 0 Å². The largest absolute Gasteiger partial charge is 0.399 e. The topological polar surface area (TPSA) is 111 Å². The summed E-state index contributed by atoms with van der Waals surface area (Å²) in [6.07, 6.45) is -0.328. The van der Waals surface area contributed by atoms with E-state index >= 15 is 0 Å². The molecule has 0 saturated heterocycles. The predicted octanol–water partition coefficient (Wildman–Crippen LogP) is 1.37. The van der Waals surface area contributed by atoms with Crippen molar-refractivity contribution in [3.63, 3.8) is 0 Å². The Hall–Kier alpha value is -2.23. The lowest BCUT2D eigenvalue weighted by molar-refractivity contribution is 0.414. The van der Waals surface area contributed by atoms with Crippen LogP contribution in [-0.2, 0) is 10.0 Å². The number of rotatable bonds is 6. The quantitative estimate of drug-likeness (QED) is 0.797. The molecule has 0 aliphatic carbocycles. The van der Waals surface area contributed by atoms with Gasteiger partial charge in [-0.25, -0.2) is 17.2 Å². The zero-order valence-electron chi connectivity index (χ0n) is 10.9. The Labute approximate surface area is 121 Å². The molecular weight excluding hydrogens is 302 g/mol. The van der Waals surface area contributed by atoms with Crippen molar-refractivity contribution in [3.05, 3.63) is 23.8 Å². The molecule has 0 aliphatic rings. The maximum absolute atomic E-state index is 13.8. The summed E-state index contributed by atoms with van der Waals surface area (Å²) in [7, 11) is -4.50. The zero-order valence-corrected chi connectivity index (χ0v) is 11.7. The van der Waals surface area contributed by atoms with E-state index in [9.17, 15) is 17.2 Å². The van der Waals surface area contributed by atoms with Crippen LogP contribution < -0.4 is 5.73 Å². The molecule has 0 saturated carbocycles. The van der Waals surface area contributed by atoms with Gasteiger partial charge in [-0.05, 0) is 12.1 Å². The van der Waals surface area contributed by atoms with Crippen LogP contribution in [0.1, 0.15) is 12.8 Å². The fourth-order valence-corrected chi connectivity index (χ4v) is 3.19. The van der Waals surface area contributed by atoms with Crippen LogP contribution in [0.15, 0.2) is 17.0 Å². The smallest absolute Gasteiger partial charge is 0.248 e. The molecule has 0 spiro atoms. The van der Waals surface area contributed by atoms with Crippen molar-refractivity contribution in [2.45, 2.75) is 17.7 Å². The van der Waals surface area contributed by atoms with Crippen LogP contribution in [0.2, 0.25) is 0 Å². The number of hydrogen-bond acceptors (Lipinski definition) is 5. The van der Waals surface area contributed by atoms with Crippen LogP contribution in [0, 0.1) is 34.3 Å². The molecule has 0 fully saturated rings. The molecular formula is C12H12F2N4O2S. The van der Waals surface area contributed by atoms with Crippen LogP contribution in [0.25, 0.3) is 0 Å². The number of hydrogen-bond donors (Lipinski definition) is 1. The molecule has 0 aromatic heterocycles. The number of benzene rings is 1. The van der Waals surface area contributed by atoms with Gasteiger partial charge in [0.25, 0.3) is 0 Å². The first-order chi connectivity index (χ1) is 9.84. The predicted molar refractivity (Wildman–Crippen MR) is 70.0 cm³/mol. The van der Waals surface area contributed by atoms with Gasteiger partial charge in [0.2, 0.25) is 10.0 Å². The van der Waals surface area contributed by atoms with Gasteiger partial charge >= 0.3 is 0 Å². The van der Waals surface area contributed by atoms with Gasteiger partial charge in [-0.1, -0.05) is 0 Å². The van der Waals surface area contributed by atoms with Gasteiger partial charge in [-0.15, -0.1) is 0 Å². The Morgan fingerprint density at radius 3 is 1.90 bits per heavy atom. The third-order valence-corrected chi connectivity index (χ3v) is 4.52. The van der Waals surface area contributed by atoms with E-state index < -0.39 is 26.6 Å². The monoisotopic (exact) mass is 314 g/mol. The zero-order chi connectivity index (χ0) is 16.0. The normalized spacial score (nSPS) is 11.1. The van der Waals surface area contributed by atoms with E-state index in [1.165, 1.54) is 0 Å². The van der Waals surface area contributed by atoms with Crippen LogP contribution in [0.3, 0.4) is 0 Å².